The number of allylic oxidation sites excluding steroid dienone is 1. The highest BCUT2D eigenvalue weighted by Gasteiger charge is 2.30. The van der Waals surface area contributed by atoms with Crippen LogP contribution >= 0.6 is 0 Å². The zero-order valence-electron chi connectivity index (χ0n) is 19.1. The van der Waals surface area contributed by atoms with Crippen molar-refractivity contribution >= 4 is 23.3 Å². The first-order chi connectivity index (χ1) is 17.5. The first-order valence-electron chi connectivity index (χ1n) is 11.4. The summed E-state index contributed by atoms with van der Waals surface area (Å²) < 4.78 is 40.1. The molecule has 4 aromatic carbocycles. The quantitative estimate of drug-likeness (QED) is 0.213. The molecule has 178 valence electrons. The minimum absolute atomic E-state index is 0.160. The van der Waals surface area contributed by atoms with Crippen LogP contribution in [0.15, 0.2) is 108 Å². The van der Waals surface area contributed by atoms with Crippen LogP contribution in [0.4, 0.5) is 18.9 Å². The maximum absolute atomic E-state index is 13.5. The lowest BCUT2D eigenvalue weighted by atomic mass is 9.98. The number of anilines is 1. The number of hydrazone groups is 1. The van der Waals surface area contributed by atoms with Gasteiger partial charge in [-0.1, -0.05) is 42.5 Å². The third kappa shape index (κ3) is 5.13. The van der Waals surface area contributed by atoms with E-state index in [1.807, 2.05) is 29.3 Å². The van der Waals surface area contributed by atoms with Crippen LogP contribution in [0.2, 0.25) is 0 Å². The fourth-order valence-corrected chi connectivity index (χ4v) is 4.13. The second-order valence-electron chi connectivity index (χ2n) is 8.47. The summed E-state index contributed by atoms with van der Waals surface area (Å²) in [6.45, 7) is 0. The van der Waals surface area contributed by atoms with Crippen LogP contribution in [-0.2, 0) is 0 Å². The summed E-state index contributed by atoms with van der Waals surface area (Å²) in [5.74, 6) is -1.24. The second-order valence-corrected chi connectivity index (χ2v) is 8.47. The Morgan fingerprint density at radius 1 is 0.750 bits per heavy atom. The van der Waals surface area contributed by atoms with Crippen molar-refractivity contribution in [2.24, 2.45) is 5.10 Å². The van der Waals surface area contributed by atoms with Gasteiger partial charge in [-0.05, 0) is 83.4 Å². The molecule has 0 spiro atoms. The van der Waals surface area contributed by atoms with E-state index in [4.69, 9.17) is 5.10 Å². The van der Waals surface area contributed by atoms with Gasteiger partial charge in [-0.2, -0.15) is 5.10 Å². The average molecular weight is 483 g/mol. The zero-order chi connectivity index (χ0) is 25.1. The number of ketones is 1. The van der Waals surface area contributed by atoms with E-state index in [-0.39, 0.29) is 23.5 Å². The molecule has 0 aromatic heterocycles. The van der Waals surface area contributed by atoms with Gasteiger partial charge < -0.3 is 0 Å². The summed E-state index contributed by atoms with van der Waals surface area (Å²) in [5, 5.41) is 6.70. The van der Waals surface area contributed by atoms with Crippen LogP contribution in [0.3, 0.4) is 0 Å². The van der Waals surface area contributed by atoms with E-state index < -0.39 is 5.82 Å². The Morgan fingerprint density at radius 2 is 1.31 bits per heavy atom. The summed E-state index contributed by atoms with van der Waals surface area (Å²) in [4.78, 5) is 12.3. The predicted octanol–water partition coefficient (Wildman–Crippen LogP) is 7.36. The first-order valence-corrected chi connectivity index (χ1v) is 11.4. The molecule has 0 fully saturated rings. The van der Waals surface area contributed by atoms with Crippen molar-refractivity contribution < 1.29 is 18.0 Å². The van der Waals surface area contributed by atoms with Crippen LogP contribution in [0.1, 0.15) is 39.5 Å². The van der Waals surface area contributed by atoms with Gasteiger partial charge in [0.1, 0.15) is 17.5 Å². The minimum Gasteiger partial charge on any atom is -0.289 e. The monoisotopic (exact) mass is 482 g/mol. The summed E-state index contributed by atoms with van der Waals surface area (Å²) in [6.07, 6.45) is 3.72. The van der Waals surface area contributed by atoms with Crippen molar-refractivity contribution in [3.05, 3.63) is 143 Å². The van der Waals surface area contributed by atoms with Crippen LogP contribution in [0, 0.1) is 17.5 Å². The fourth-order valence-electron chi connectivity index (χ4n) is 4.13. The summed E-state index contributed by atoms with van der Waals surface area (Å²) in [5.41, 5.74) is 4.58. The molecular weight excluding hydrogens is 461 g/mol. The second kappa shape index (κ2) is 10.0. The van der Waals surface area contributed by atoms with E-state index in [9.17, 15) is 18.0 Å². The van der Waals surface area contributed by atoms with Crippen molar-refractivity contribution in [2.45, 2.75) is 12.5 Å². The Bertz CT molecular complexity index is 1430. The molecule has 1 aliphatic rings. The van der Waals surface area contributed by atoms with Crippen molar-refractivity contribution in [3.8, 4) is 0 Å². The number of hydrogen-bond donors (Lipinski definition) is 0. The van der Waals surface area contributed by atoms with Gasteiger partial charge in [0, 0.05) is 12.0 Å². The molecule has 0 bridgehead atoms. The molecule has 1 unspecified atom stereocenters. The highest BCUT2D eigenvalue weighted by atomic mass is 19.1. The van der Waals surface area contributed by atoms with Crippen molar-refractivity contribution in [1.82, 2.24) is 0 Å². The van der Waals surface area contributed by atoms with E-state index in [0.717, 1.165) is 28.1 Å². The number of benzene rings is 4. The molecule has 0 radical (unpaired) electrons. The van der Waals surface area contributed by atoms with Gasteiger partial charge in [-0.3, -0.25) is 9.80 Å². The molecule has 0 saturated carbocycles. The molecule has 3 nitrogen and oxygen atoms in total. The molecule has 4 aromatic rings. The van der Waals surface area contributed by atoms with E-state index in [2.05, 4.69) is 0 Å². The normalized spacial score (nSPS) is 15.4. The van der Waals surface area contributed by atoms with Gasteiger partial charge in [0.15, 0.2) is 5.78 Å². The van der Waals surface area contributed by atoms with E-state index >= 15 is 0 Å². The van der Waals surface area contributed by atoms with Crippen LogP contribution in [0.25, 0.3) is 6.08 Å². The molecular formula is C30H21F3N2O. The lowest BCUT2D eigenvalue weighted by Gasteiger charge is -2.24. The fraction of sp³-hybridized carbons (Fsp3) is 0.0667. The van der Waals surface area contributed by atoms with Crippen LogP contribution in [-0.4, -0.2) is 11.5 Å². The molecule has 36 heavy (non-hydrogen) atoms. The van der Waals surface area contributed by atoms with Crippen LogP contribution < -0.4 is 5.01 Å². The lowest BCUT2D eigenvalue weighted by molar-refractivity contribution is 0.104. The summed E-state index contributed by atoms with van der Waals surface area (Å²) in [6, 6.07) is 25.3. The average Bonchev–Trinajstić information content (AvgIpc) is 3.34. The molecule has 6 heteroatoms. The minimum atomic E-state index is -0.391. The number of rotatable bonds is 6. The van der Waals surface area contributed by atoms with Gasteiger partial charge in [0.05, 0.1) is 17.4 Å². The maximum atomic E-state index is 13.5. The number of hydrogen-bond acceptors (Lipinski definition) is 3. The molecule has 0 aliphatic carbocycles. The molecule has 0 amide bonds. The summed E-state index contributed by atoms with van der Waals surface area (Å²) >= 11 is 0. The molecule has 0 N–H and O–H groups in total. The third-order valence-corrected chi connectivity index (χ3v) is 6.06. The number of halogens is 3. The van der Waals surface area contributed by atoms with Gasteiger partial charge in [-0.15, -0.1) is 0 Å². The van der Waals surface area contributed by atoms with E-state index in [1.54, 1.807) is 30.3 Å². The molecule has 1 atom stereocenters. The van der Waals surface area contributed by atoms with Crippen molar-refractivity contribution in [2.75, 3.05) is 5.01 Å². The van der Waals surface area contributed by atoms with Gasteiger partial charge in [-0.25, -0.2) is 13.2 Å². The van der Waals surface area contributed by atoms with Crippen LogP contribution in [0.5, 0.6) is 0 Å². The first kappa shape index (κ1) is 23.3. The Balaban J connectivity index is 1.40. The highest BCUT2D eigenvalue weighted by molar-refractivity contribution is 6.06. The highest BCUT2D eigenvalue weighted by Crippen LogP contribution is 2.37. The Labute approximate surface area is 206 Å². The van der Waals surface area contributed by atoms with Gasteiger partial charge >= 0.3 is 0 Å². The van der Waals surface area contributed by atoms with Crippen molar-refractivity contribution in [3.63, 3.8) is 0 Å². The standard InChI is InChI=1S/C30H21F3N2O/c31-24-10-4-21(5-11-24)28-19-29(22-6-12-25(32)13-7-22)35(34-28)27-16-1-20(2-17-27)3-18-30(36)23-8-14-26(33)15-9-23/h1-18,29H,19H2/b18-3+. The molecule has 0 saturated heterocycles. The van der Waals surface area contributed by atoms with Crippen molar-refractivity contribution in [1.29, 1.82) is 0 Å². The topological polar surface area (TPSA) is 32.7 Å². The van der Waals surface area contributed by atoms with Gasteiger partial charge in [0.2, 0.25) is 0 Å². The Kier molecular flexibility index (Phi) is 6.50. The van der Waals surface area contributed by atoms with E-state index in [1.165, 1.54) is 54.6 Å². The third-order valence-electron chi connectivity index (χ3n) is 6.06. The lowest BCUT2D eigenvalue weighted by Crippen LogP contribution is -2.18. The number of carbonyl (C=O) groups is 1. The predicted molar refractivity (Wildman–Crippen MR) is 135 cm³/mol. The largest absolute Gasteiger partial charge is 0.289 e. The Hall–Kier alpha value is -4.45. The Morgan fingerprint density at radius 3 is 1.92 bits per heavy atom. The number of nitrogens with zero attached hydrogens (tertiary/aromatic N) is 2. The molecule has 5 rings (SSSR count). The smallest absolute Gasteiger partial charge is 0.185 e. The molecule has 1 aliphatic heterocycles. The zero-order valence-corrected chi connectivity index (χ0v) is 19.1. The maximum Gasteiger partial charge on any atom is 0.185 e. The van der Waals surface area contributed by atoms with E-state index in [0.29, 0.717) is 12.0 Å². The number of carbonyl (C=O) groups excluding carboxylic acids is 1. The molecule has 1 heterocycles. The SMILES string of the molecule is O=C(/C=C/c1ccc(N2N=C(c3ccc(F)cc3)CC2c2ccc(F)cc2)cc1)c1ccc(F)cc1. The van der Waals surface area contributed by atoms with Gasteiger partial charge in [0.25, 0.3) is 0 Å². The summed E-state index contributed by atoms with van der Waals surface area (Å²) in [7, 11) is 0.